The molecule has 2 heterocycles. The maximum Gasteiger partial charge on any atom is 0.335 e. The normalized spacial score (nSPS) is 16.3. The minimum Gasteiger partial charge on any atom is -0.478 e. The molecule has 4 amide bonds. The lowest BCUT2D eigenvalue weighted by molar-refractivity contribution is -0.129. The number of imide groups is 2. The van der Waals surface area contributed by atoms with Gasteiger partial charge in [-0.2, -0.15) is 0 Å². The Balaban J connectivity index is 1.88. The first-order valence-corrected chi connectivity index (χ1v) is 7.15. The summed E-state index contributed by atoms with van der Waals surface area (Å²) in [5.74, 6) is -1.86. The Kier molecular flexibility index (Phi) is 3.94. The number of aromatic carboxylic acids is 1. The molecule has 0 spiro atoms. The van der Waals surface area contributed by atoms with Gasteiger partial charge >= 0.3 is 12.0 Å². The molecule has 1 saturated heterocycles. The molecule has 0 radical (unpaired) electrons. The zero-order valence-corrected chi connectivity index (χ0v) is 13.0. The van der Waals surface area contributed by atoms with E-state index in [-0.39, 0.29) is 16.9 Å². The van der Waals surface area contributed by atoms with E-state index < -0.39 is 23.8 Å². The van der Waals surface area contributed by atoms with Crippen molar-refractivity contribution >= 4 is 29.9 Å². The maximum absolute atomic E-state index is 12.0. The summed E-state index contributed by atoms with van der Waals surface area (Å²) in [4.78, 5) is 46.8. The number of carboxylic acid groups (broad SMARTS) is 1. The van der Waals surface area contributed by atoms with E-state index >= 15 is 0 Å². The van der Waals surface area contributed by atoms with Crippen LogP contribution in [-0.4, -0.2) is 40.9 Å². The molecule has 8 heteroatoms. The second-order valence-electron chi connectivity index (χ2n) is 5.27. The summed E-state index contributed by atoms with van der Waals surface area (Å²) in [7, 11) is 1.26. The van der Waals surface area contributed by atoms with Crippen molar-refractivity contribution < 1.29 is 28.7 Å². The average molecular weight is 340 g/mol. The zero-order valence-electron chi connectivity index (χ0n) is 13.0. The average Bonchev–Trinajstić information content (AvgIpc) is 3.05. The molecule has 2 aromatic rings. The topological polar surface area (TPSA) is 117 Å². The van der Waals surface area contributed by atoms with Crippen LogP contribution in [0.25, 0.3) is 17.4 Å². The van der Waals surface area contributed by atoms with Crippen LogP contribution < -0.4 is 5.32 Å². The van der Waals surface area contributed by atoms with Crippen LogP contribution in [0, 0.1) is 0 Å². The largest absolute Gasteiger partial charge is 0.478 e. The molecule has 0 unspecified atom stereocenters. The lowest BCUT2D eigenvalue weighted by atomic mass is 10.1. The fourth-order valence-corrected chi connectivity index (χ4v) is 2.25. The van der Waals surface area contributed by atoms with Crippen molar-refractivity contribution in [2.45, 2.75) is 0 Å². The fraction of sp³-hybridized carbons (Fsp3) is 0.0588. The number of benzene rings is 1. The molecule has 1 aromatic heterocycles. The monoisotopic (exact) mass is 340 g/mol. The number of barbiturate groups is 1. The molecule has 1 aromatic carbocycles. The van der Waals surface area contributed by atoms with Crippen molar-refractivity contribution in [3.8, 4) is 11.3 Å². The van der Waals surface area contributed by atoms with Gasteiger partial charge in [0.15, 0.2) is 0 Å². The highest BCUT2D eigenvalue weighted by atomic mass is 16.4. The second-order valence-corrected chi connectivity index (χ2v) is 5.27. The van der Waals surface area contributed by atoms with Crippen LogP contribution in [0.2, 0.25) is 0 Å². The Labute approximate surface area is 141 Å². The van der Waals surface area contributed by atoms with E-state index in [1.165, 1.54) is 25.3 Å². The molecule has 3 rings (SSSR count). The minimum absolute atomic E-state index is 0.148. The lowest BCUT2D eigenvalue weighted by Gasteiger charge is -2.21. The van der Waals surface area contributed by atoms with Crippen molar-refractivity contribution in [3.63, 3.8) is 0 Å². The third-order valence-corrected chi connectivity index (χ3v) is 3.63. The van der Waals surface area contributed by atoms with E-state index in [2.05, 4.69) is 0 Å². The van der Waals surface area contributed by atoms with Gasteiger partial charge in [0.2, 0.25) is 0 Å². The molecule has 1 fully saturated rings. The number of amides is 4. The van der Waals surface area contributed by atoms with Gasteiger partial charge in [0, 0.05) is 12.6 Å². The van der Waals surface area contributed by atoms with Crippen molar-refractivity contribution in [1.29, 1.82) is 0 Å². The first-order chi connectivity index (χ1) is 11.9. The summed E-state index contributed by atoms with van der Waals surface area (Å²) in [5.41, 5.74) is 0.570. The molecule has 2 N–H and O–H groups in total. The number of carbonyl (C=O) groups is 4. The first kappa shape index (κ1) is 16.2. The van der Waals surface area contributed by atoms with Crippen LogP contribution in [0.15, 0.2) is 46.4 Å². The molecule has 0 bridgehead atoms. The van der Waals surface area contributed by atoms with Gasteiger partial charge in [-0.05, 0) is 30.3 Å². The lowest BCUT2D eigenvalue weighted by Crippen LogP contribution is -2.52. The highest BCUT2D eigenvalue weighted by Crippen LogP contribution is 2.24. The molecular weight excluding hydrogens is 328 g/mol. The van der Waals surface area contributed by atoms with Crippen LogP contribution in [0.3, 0.4) is 0 Å². The van der Waals surface area contributed by atoms with E-state index in [0.29, 0.717) is 11.3 Å². The van der Waals surface area contributed by atoms with Gasteiger partial charge in [0.05, 0.1) is 5.56 Å². The van der Waals surface area contributed by atoms with Crippen LogP contribution in [0.4, 0.5) is 4.79 Å². The van der Waals surface area contributed by atoms with Gasteiger partial charge in [0.1, 0.15) is 17.1 Å². The summed E-state index contributed by atoms with van der Waals surface area (Å²) >= 11 is 0. The number of hydrogen-bond donors (Lipinski definition) is 2. The summed E-state index contributed by atoms with van der Waals surface area (Å²) in [5, 5.41) is 10.9. The Morgan fingerprint density at radius 2 is 1.80 bits per heavy atom. The van der Waals surface area contributed by atoms with Gasteiger partial charge in [-0.15, -0.1) is 0 Å². The van der Waals surface area contributed by atoms with Crippen molar-refractivity contribution in [2.75, 3.05) is 7.05 Å². The van der Waals surface area contributed by atoms with Crippen molar-refractivity contribution in [1.82, 2.24) is 10.2 Å². The van der Waals surface area contributed by atoms with Gasteiger partial charge in [-0.3, -0.25) is 19.8 Å². The molecule has 25 heavy (non-hydrogen) atoms. The third kappa shape index (κ3) is 3.05. The quantitative estimate of drug-likeness (QED) is 0.649. The fourth-order valence-electron chi connectivity index (χ4n) is 2.25. The van der Waals surface area contributed by atoms with Gasteiger partial charge < -0.3 is 9.52 Å². The standard InChI is InChI=1S/C17H12N2O6/c1-19-15(21)12(14(20)18-17(19)24)8-11-6-7-13(25-11)9-2-4-10(5-3-9)16(22)23/h2-8H,1H3,(H,22,23)(H,18,20,24)/b12-8+. The van der Waals surface area contributed by atoms with E-state index in [4.69, 9.17) is 9.52 Å². The summed E-state index contributed by atoms with van der Waals surface area (Å²) in [6.07, 6.45) is 1.25. The number of nitrogens with one attached hydrogen (secondary N) is 1. The first-order valence-electron chi connectivity index (χ1n) is 7.15. The Morgan fingerprint density at radius 1 is 1.12 bits per heavy atom. The van der Waals surface area contributed by atoms with Crippen molar-refractivity contribution in [3.05, 3.63) is 53.3 Å². The van der Waals surface area contributed by atoms with Crippen LogP contribution in [-0.2, 0) is 9.59 Å². The number of likely N-dealkylation sites (N-methyl/N-ethyl adjacent to an activating group) is 1. The van der Waals surface area contributed by atoms with E-state index in [1.807, 2.05) is 5.32 Å². The number of rotatable bonds is 3. The minimum atomic E-state index is -1.03. The Hall–Kier alpha value is -3.68. The maximum atomic E-state index is 12.0. The molecule has 8 nitrogen and oxygen atoms in total. The van der Waals surface area contributed by atoms with Crippen LogP contribution in [0.1, 0.15) is 16.1 Å². The van der Waals surface area contributed by atoms with Gasteiger partial charge in [-0.1, -0.05) is 12.1 Å². The zero-order chi connectivity index (χ0) is 18.1. The Bertz CT molecular complexity index is 923. The number of furan rings is 1. The smallest absolute Gasteiger partial charge is 0.335 e. The summed E-state index contributed by atoms with van der Waals surface area (Å²) in [6, 6.07) is 8.46. The van der Waals surface area contributed by atoms with Gasteiger partial charge in [0.25, 0.3) is 11.8 Å². The van der Waals surface area contributed by atoms with Crippen LogP contribution in [0.5, 0.6) is 0 Å². The van der Waals surface area contributed by atoms with Crippen LogP contribution >= 0.6 is 0 Å². The number of carboxylic acids is 1. The van der Waals surface area contributed by atoms with E-state index in [9.17, 15) is 19.2 Å². The second kappa shape index (κ2) is 6.08. The number of urea groups is 1. The molecule has 0 aliphatic carbocycles. The molecule has 0 saturated carbocycles. The highest BCUT2D eigenvalue weighted by Gasteiger charge is 2.33. The van der Waals surface area contributed by atoms with E-state index in [1.54, 1.807) is 24.3 Å². The highest BCUT2D eigenvalue weighted by molar-refractivity contribution is 6.30. The van der Waals surface area contributed by atoms with Gasteiger partial charge in [-0.25, -0.2) is 9.59 Å². The van der Waals surface area contributed by atoms with E-state index in [0.717, 1.165) is 4.90 Å². The molecule has 1 aliphatic heterocycles. The third-order valence-electron chi connectivity index (χ3n) is 3.63. The SMILES string of the molecule is CN1C(=O)NC(=O)/C(=C\c2ccc(-c3ccc(C(=O)O)cc3)o2)C1=O. The number of nitrogens with zero attached hydrogens (tertiary/aromatic N) is 1. The molecular formula is C17H12N2O6. The summed E-state index contributed by atoms with van der Waals surface area (Å²) < 4.78 is 5.57. The molecule has 126 valence electrons. The molecule has 1 aliphatic rings. The summed E-state index contributed by atoms with van der Waals surface area (Å²) in [6.45, 7) is 0. The number of carbonyl (C=O) groups excluding carboxylic acids is 3. The predicted octanol–water partition coefficient (Wildman–Crippen LogP) is 1.74. The Morgan fingerprint density at radius 3 is 2.44 bits per heavy atom. The van der Waals surface area contributed by atoms with Crippen molar-refractivity contribution in [2.24, 2.45) is 0 Å². The predicted molar refractivity (Wildman–Crippen MR) is 85.4 cm³/mol. The molecule has 0 atom stereocenters. The number of hydrogen-bond acceptors (Lipinski definition) is 5.